The molecule has 0 bridgehead atoms. The Labute approximate surface area is 93.7 Å². The van der Waals surface area contributed by atoms with Crippen molar-refractivity contribution in [3.8, 4) is 0 Å². The molecule has 1 N–H and O–H groups in total. The number of hydrogen-bond donors (Lipinski definition) is 1. The van der Waals surface area contributed by atoms with Gasteiger partial charge in [-0.1, -0.05) is 17.7 Å². The summed E-state index contributed by atoms with van der Waals surface area (Å²) in [6, 6.07) is 3.86. The fourth-order valence-corrected chi connectivity index (χ4v) is 2.48. The van der Waals surface area contributed by atoms with E-state index in [1.807, 2.05) is 12.1 Å². The van der Waals surface area contributed by atoms with Crippen LogP contribution in [-0.2, 0) is 12.8 Å². The van der Waals surface area contributed by atoms with E-state index in [0.717, 1.165) is 29.8 Å². The molecule has 0 aromatic heterocycles. The summed E-state index contributed by atoms with van der Waals surface area (Å²) in [5.41, 5.74) is 3.36. The molecule has 1 aromatic rings. The van der Waals surface area contributed by atoms with Crippen molar-refractivity contribution in [3.63, 3.8) is 0 Å². The Morgan fingerprint density at radius 2 is 2.14 bits per heavy atom. The van der Waals surface area contributed by atoms with Crippen LogP contribution in [0.15, 0.2) is 12.1 Å². The molecule has 1 unspecified atom stereocenters. The summed E-state index contributed by atoms with van der Waals surface area (Å²) >= 11 is 11.7. The molecule has 1 aromatic carbocycles. The number of alkyl halides is 1. The van der Waals surface area contributed by atoms with Crippen LogP contribution >= 0.6 is 23.2 Å². The number of halogens is 2. The van der Waals surface area contributed by atoms with Gasteiger partial charge < -0.3 is 5.11 Å². The fourth-order valence-electron chi connectivity index (χ4n) is 1.96. The molecule has 14 heavy (non-hydrogen) atoms. The quantitative estimate of drug-likeness (QED) is 0.775. The lowest BCUT2D eigenvalue weighted by molar-refractivity contribution is 0.202. The topological polar surface area (TPSA) is 20.2 Å². The lowest BCUT2D eigenvalue weighted by Gasteiger charge is -2.10. The van der Waals surface area contributed by atoms with Gasteiger partial charge in [0, 0.05) is 5.02 Å². The molecular formula is C11H12Cl2O. The standard InChI is InChI=1S/C11H12Cl2O/c12-6-11(14)8-4-7-2-1-3-9(7)10(13)5-8/h4-5,11,14H,1-3,6H2. The molecule has 0 saturated heterocycles. The predicted molar refractivity (Wildman–Crippen MR) is 59.2 cm³/mol. The van der Waals surface area contributed by atoms with Gasteiger partial charge in [-0.05, 0) is 42.0 Å². The molecule has 76 valence electrons. The highest BCUT2D eigenvalue weighted by Crippen LogP contribution is 2.32. The van der Waals surface area contributed by atoms with E-state index in [1.54, 1.807) is 0 Å². The Kier molecular flexibility index (Phi) is 3.01. The van der Waals surface area contributed by atoms with Gasteiger partial charge in [0.1, 0.15) is 0 Å². The summed E-state index contributed by atoms with van der Waals surface area (Å²) in [7, 11) is 0. The van der Waals surface area contributed by atoms with Gasteiger partial charge >= 0.3 is 0 Å². The average molecular weight is 231 g/mol. The lowest BCUT2D eigenvalue weighted by Crippen LogP contribution is -2.00. The zero-order valence-corrected chi connectivity index (χ0v) is 9.28. The number of aryl methyl sites for hydroxylation is 1. The zero-order valence-electron chi connectivity index (χ0n) is 7.76. The number of rotatable bonds is 2. The van der Waals surface area contributed by atoms with Crippen LogP contribution in [0.5, 0.6) is 0 Å². The minimum atomic E-state index is -0.597. The van der Waals surface area contributed by atoms with Crippen molar-refractivity contribution < 1.29 is 5.11 Å². The summed E-state index contributed by atoms with van der Waals surface area (Å²) in [6.45, 7) is 0. The molecule has 0 saturated carbocycles. The van der Waals surface area contributed by atoms with Gasteiger partial charge in [0.25, 0.3) is 0 Å². The molecule has 1 nitrogen and oxygen atoms in total. The Morgan fingerprint density at radius 1 is 1.36 bits per heavy atom. The largest absolute Gasteiger partial charge is 0.387 e. The highest BCUT2D eigenvalue weighted by Gasteiger charge is 2.17. The molecule has 0 radical (unpaired) electrons. The van der Waals surface area contributed by atoms with E-state index < -0.39 is 6.10 Å². The molecule has 0 amide bonds. The molecule has 2 rings (SSSR count). The maximum atomic E-state index is 9.59. The second-order valence-electron chi connectivity index (χ2n) is 3.66. The van der Waals surface area contributed by atoms with E-state index in [-0.39, 0.29) is 5.88 Å². The summed E-state index contributed by atoms with van der Waals surface area (Å²) in [5.74, 6) is 0.217. The smallest absolute Gasteiger partial charge is 0.0925 e. The molecule has 0 aliphatic heterocycles. The van der Waals surface area contributed by atoms with E-state index in [9.17, 15) is 5.11 Å². The third-order valence-corrected chi connectivity index (χ3v) is 3.34. The van der Waals surface area contributed by atoms with E-state index in [2.05, 4.69) is 0 Å². The summed E-state index contributed by atoms with van der Waals surface area (Å²) < 4.78 is 0. The number of aliphatic hydroxyl groups excluding tert-OH is 1. The second-order valence-corrected chi connectivity index (χ2v) is 4.38. The molecule has 3 heteroatoms. The predicted octanol–water partition coefficient (Wildman–Crippen LogP) is 3.10. The number of aliphatic hydroxyl groups is 1. The molecule has 0 heterocycles. The molecular weight excluding hydrogens is 219 g/mol. The van der Waals surface area contributed by atoms with Gasteiger partial charge in [-0.15, -0.1) is 11.6 Å². The van der Waals surface area contributed by atoms with Crippen molar-refractivity contribution in [1.29, 1.82) is 0 Å². The molecule has 0 spiro atoms. The van der Waals surface area contributed by atoms with Crippen LogP contribution in [0.4, 0.5) is 0 Å². The SMILES string of the molecule is OC(CCl)c1cc(Cl)c2c(c1)CCC2. The molecule has 1 atom stereocenters. The van der Waals surface area contributed by atoms with Crippen LogP contribution in [0.1, 0.15) is 29.2 Å². The highest BCUT2D eigenvalue weighted by molar-refractivity contribution is 6.31. The van der Waals surface area contributed by atoms with Crippen LogP contribution in [0, 0.1) is 0 Å². The Bertz CT molecular complexity index is 349. The van der Waals surface area contributed by atoms with Gasteiger partial charge in [0.05, 0.1) is 12.0 Å². The summed E-state index contributed by atoms with van der Waals surface area (Å²) in [6.07, 6.45) is 2.69. The van der Waals surface area contributed by atoms with Crippen molar-refractivity contribution in [2.24, 2.45) is 0 Å². The third-order valence-electron chi connectivity index (χ3n) is 2.71. The Morgan fingerprint density at radius 3 is 2.86 bits per heavy atom. The third kappa shape index (κ3) is 1.77. The second kappa shape index (κ2) is 4.09. The molecule has 1 aliphatic rings. The number of benzene rings is 1. The molecule has 0 fully saturated rings. The molecule has 1 aliphatic carbocycles. The summed E-state index contributed by atoms with van der Waals surface area (Å²) in [4.78, 5) is 0. The average Bonchev–Trinajstić information content (AvgIpc) is 2.64. The van der Waals surface area contributed by atoms with Gasteiger partial charge in [-0.25, -0.2) is 0 Å². The fraction of sp³-hybridized carbons (Fsp3) is 0.455. The Hall–Kier alpha value is -0.240. The first-order valence-corrected chi connectivity index (χ1v) is 5.69. The zero-order chi connectivity index (χ0) is 10.1. The van der Waals surface area contributed by atoms with Gasteiger partial charge in [-0.3, -0.25) is 0 Å². The van der Waals surface area contributed by atoms with Gasteiger partial charge in [0.15, 0.2) is 0 Å². The van der Waals surface area contributed by atoms with E-state index in [4.69, 9.17) is 23.2 Å². The van der Waals surface area contributed by atoms with Crippen LogP contribution in [0.2, 0.25) is 5.02 Å². The van der Waals surface area contributed by atoms with Crippen LogP contribution in [0.3, 0.4) is 0 Å². The van der Waals surface area contributed by atoms with E-state index in [1.165, 1.54) is 11.1 Å². The van der Waals surface area contributed by atoms with Crippen LogP contribution < -0.4 is 0 Å². The van der Waals surface area contributed by atoms with E-state index in [0.29, 0.717) is 0 Å². The minimum Gasteiger partial charge on any atom is -0.387 e. The van der Waals surface area contributed by atoms with Crippen molar-refractivity contribution in [2.75, 3.05) is 5.88 Å². The monoisotopic (exact) mass is 230 g/mol. The lowest BCUT2D eigenvalue weighted by atomic mass is 10.0. The van der Waals surface area contributed by atoms with Crippen molar-refractivity contribution in [1.82, 2.24) is 0 Å². The van der Waals surface area contributed by atoms with Gasteiger partial charge in [-0.2, -0.15) is 0 Å². The van der Waals surface area contributed by atoms with Crippen LogP contribution in [0.25, 0.3) is 0 Å². The van der Waals surface area contributed by atoms with Crippen molar-refractivity contribution >= 4 is 23.2 Å². The number of hydrogen-bond acceptors (Lipinski definition) is 1. The first-order valence-electron chi connectivity index (χ1n) is 4.77. The first-order chi connectivity index (χ1) is 6.72. The number of fused-ring (bicyclic) bond motifs is 1. The highest BCUT2D eigenvalue weighted by atomic mass is 35.5. The first kappa shape index (κ1) is 10.3. The van der Waals surface area contributed by atoms with Gasteiger partial charge in [0.2, 0.25) is 0 Å². The minimum absolute atomic E-state index is 0.217. The van der Waals surface area contributed by atoms with Crippen molar-refractivity contribution in [2.45, 2.75) is 25.4 Å². The van der Waals surface area contributed by atoms with Crippen molar-refractivity contribution in [3.05, 3.63) is 33.8 Å². The maximum absolute atomic E-state index is 9.59. The van der Waals surface area contributed by atoms with Crippen LogP contribution in [-0.4, -0.2) is 11.0 Å². The normalized spacial score (nSPS) is 16.8. The van der Waals surface area contributed by atoms with E-state index >= 15 is 0 Å². The maximum Gasteiger partial charge on any atom is 0.0925 e. The Balaban J connectivity index is 2.41. The summed E-state index contributed by atoms with van der Waals surface area (Å²) in [5, 5.41) is 10.4.